The van der Waals surface area contributed by atoms with Crippen LogP contribution in [-0.2, 0) is 4.79 Å². The number of fused-ring (bicyclic) bond motifs is 4. The molecule has 1 amide bonds. The third kappa shape index (κ3) is 2.11. The van der Waals surface area contributed by atoms with Crippen LogP contribution in [0.3, 0.4) is 0 Å². The highest BCUT2D eigenvalue weighted by Crippen LogP contribution is 2.30. The summed E-state index contributed by atoms with van der Waals surface area (Å²) >= 11 is 0. The molecule has 1 aromatic heterocycles. The number of nitrogens with zero attached hydrogens (tertiary/aromatic N) is 4. The maximum atomic E-state index is 12.2. The molecule has 3 aliphatic heterocycles. The van der Waals surface area contributed by atoms with E-state index in [0.717, 1.165) is 37.4 Å². The Morgan fingerprint density at radius 1 is 1.32 bits per heavy atom. The van der Waals surface area contributed by atoms with Crippen molar-refractivity contribution in [1.29, 1.82) is 0 Å². The molecule has 0 aliphatic carbocycles. The zero-order chi connectivity index (χ0) is 13.6. The Kier molecular flexibility index (Phi) is 2.80. The number of aromatic nitrogens is 2. The molecule has 3 aliphatic rings. The molecule has 0 spiro atoms. The molecule has 2 unspecified atom stereocenters. The largest absolute Gasteiger partial charge is 0.368 e. The van der Waals surface area contributed by atoms with Gasteiger partial charge < -0.3 is 15.5 Å². The number of rotatable bonds is 1. The number of likely N-dealkylation sites (N-methyl/N-ethyl adjacent to an activating group) is 1. The van der Waals surface area contributed by atoms with Gasteiger partial charge in [-0.15, -0.1) is 0 Å². The number of carbonyl (C=O) groups excluding carboxylic acids is 1. The Morgan fingerprint density at radius 3 is 2.84 bits per heavy atom. The van der Waals surface area contributed by atoms with Crippen LogP contribution in [0.2, 0.25) is 0 Å². The van der Waals surface area contributed by atoms with E-state index < -0.39 is 0 Å². The van der Waals surface area contributed by atoms with Gasteiger partial charge in [-0.2, -0.15) is 4.98 Å². The number of amides is 1. The summed E-state index contributed by atoms with van der Waals surface area (Å²) in [7, 11) is 1.91. The van der Waals surface area contributed by atoms with Gasteiger partial charge in [0.1, 0.15) is 5.82 Å². The maximum Gasteiger partial charge on any atom is 0.227 e. The molecule has 2 N–H and O–H groups in total. The van der Waals surface area contributed by atoms with Crippen molar-refractivity contribution < 1.29 is 4.79 Å². The van der Waals surface area contributed by atoms with Crippen molar-refractivity contribution in [3.8, 4) is 0 Å². The standard InChI is InChI=1S/C13H19N5O/c1-8-5-11(16-13(14)15-8)18-6-9-3-4-10(7-18)17(2)12(9)19/h5,9-10H,3-4,6-7H2,1-2H3,(H2,14,15,16). The van der Waals surface area contributed by atoms with E-state index >= 15 is 0 Å². The molecule has 0 saturated carbocycles. The first-order valence-corrected chi connectivity index (χ1v) is 6.67. The molecule has 0 aromatic carbocycles. The molecule has 19 heavy (non-hydrogen) atoms. The van der Waals surface area contributed by atoms with Gasteiger partial charge in [-0.3, -0.25) is 4.79 Å². The molecule has 6 nitrogen and oxygen atoms in total. The van der Waals surface area contributed by atoms with Crippen LogP contribution in [0.15, 0.2) is 6.07 Å². The molecule has 4 rings (SSSR count). The third-order valence-corrected chi connectivity index (χ3v) is 4.15. The van der Waals surface area contributed by atoms with Crippen molar-refractivity contribution in [2.45, 2.75) is 25.8 Å². The minimum absolute atomic E-state index is 0.0836. The quantitative estimate of drug-likeness (QED) is 0.793. The van der Waals surface area contributed by atoms with E-state index in [1.54, 1.807) is 0 Å². The molecule has 4 heterocycles. The zero-order valence-electron chi connectivity index (χ0n) is 11.3. The summed E-state index contributed by atoms with van der Waals surface area (Å²) in [6, 6.07) is 2.22. The Morgan fingerprint density at radius 2 is 2.11 bits per heavy atom. The van der Waals surface area contributed by atoms with Gasteiger partial charge in [-0.25, -0.2) is 4.98 Å². The summed E-state index contributed by atoms with van der Waals surface area (Å²) in [5, 5.41) is 0. The maximum absolute atomic E-state index is 12.2. The number of nitrogens with two attached hydrogens (primary N) is 1. The van der Waals surface area contributed by atoms with Gasteiger partial charge in [-0.05, 0) is 19.8 Å². The Bertz CT molecular complexity index is 498. The van der Waals surface area contributed by atoms with E-state index in [1.807, 2.05) is 24.9 Å². The minimum Gasteiger partial charge on any atom is -0.368 e. The van der Waals surface area contributed by atoms with Crippen molar-refractivity contribution in [2.24, 2.45) is 5.92 Å². The van der Waals surface area contributed by atoms with Crippen molar-refractivity contribution in [1.82, 2.24) is 14.9 Å². The van der Waals surface area contributed by atoms with Crippen molar-refractivity contribution in [2.75, 3.05) is 30.8 Å². The number of anilines is 2. The van der Waals surface area contributed by atoms with Gasteiger partial charge >= 0.3 is 0 Å². The third-order valence-electron chi connectivity index (χ3n) is 4.15. The molecule has 1 aromatic rings. The summed E-state index contributed by atoms with van der Waals surface area (Å²) < 4.78 is 0. The molecule has 102 valence electrons. The van der Waals surface area contributed by atoms with Gasteiger partial charge in [0.2, 0.25) is 11.9 Å². The molecule has 2 atom stereocenters. The van der Waals surface area contributed by atoms with E-state index in [0.29, 0.717) is 5.95 Å². The van der Waals surface area contributed by atoms with E-state index in [9.17, 15) is 4.79 Å². The predicted octanol–water partition coefficient (Wildman–Crippen LogP) is 0.424. The lowest BCUT2D eigenvalue weighted by molar-refractivity contribution is -0.138. The van der Waals surface area contributed by atoms with E-state index in [-0.39, 0.29) is 17.9 Å². The second kappa shape index (κ2) is 4.36. The van der Waals surface area contributed by atoms with E-state index in [2.05, 4.69) is 14.9 Å². The first-order valence-electron chi connectivity index (χ1n) is 6.67. The van der Waals surface area contributed by atoms with Crippen LogP contribution in [-0.4, -0.2) is 47.0 Å². The average molecular weight is 261 g/mol. The average Bonchev–Trinajstić information content (AvgIpc) is 2.63. The molecule has 3 fully saturated rings. The molecule has 3 saturated heterocycles. The van der Waals surface area contributed by atoms with Crippen molar-refractivity contribution in [3.63, 3.8) is 0 Å². The number of aryl methyl sites for hydroxylation is 1. The van der Waals surface area contributed by atoms with Crippen LogP contribution in [0.5, 0.6) is 0 Å². The van der Waals surface area contributed by atoms with Crippen LogP contribution in [0.4, 0.5) is 11.8 Å². The topological polar surface area (TPSA) is 75.3 Å². The number of piperidine rings is 1. The Hall–Kier alpha value is -1.85. The molecular weight excluding hydrogens is 242 g/mol. The fraction of sp³-hybridized carbons (Fsp3) is 0.615. The van der Waals surface area contributed by atoms with Crippen molar-refractivity contribution in [3.05, 3.63) is 11.8 Å². The van der Waals surface area contributed by atoms with Crippen LogP contribution >= 0.6 is 0 Å². The highest BCUT2D eigenvalue weighted by Gasteiger charge is 2.39. The predicted molar refractivity (Wildman–Crippen MR) is 72.7 cm³/mol. The second-order valence-electron chi connectivity index (χ2n) is 5.51. The van der Waals surface area contributed by atoms with Gasteiger partial charge in [0.25, 0.3) is 0 Å². The molecular formula is C13H19N5O. The summed E-state index contributed by atoms with van der Waals surface area (Å²) in [6.07, 6.45) is 2.05. The smallest absolute Gasteiger partial charge is 0.227 e. The van der Waals surface area contributed by atoms with Crippen LogP contribution in [0, 0.1) is 12.8 Å². The number of nitrogen functional groups attached to an aromatic ring is 1. The molecule has 0 radical (unpaired) electrons. The zero-order valence-corrected chi connectivity index (χ0v) is 11.3. The van der Waals surface area contributed by atoms with Gasteiger partial charge in [0, 0.05) is 37.9 Å². The summed E-state index contributed by atoms with van der Waals surface area (Å²) in [5.41, 5.74) is 6.58. The van der Waals surface area contributed by atoms with Crippen LogP contribution in [0.25, 0.3) is 0 Å². The van der Waals surface area contributed by atoms with E-state index in [4.69, 9.17) is 5.73 Å². The monoisotopic (exact) mass is 261 g/mol. The van der Waals surface area contributed by atoms with Gasteiger partial charge in [-0.1, -0.05) is 0 Å². The second-order valence-corrected chi connectivity index (χ2v) is 5.51. The number of carbonyl (C=O) groups is 1. The highest BCUT2D eigenvalue weighted by molar-refractivity contribution is 5.81. The van der Waals surface area contributed by atoms with Gasteiger partial charge in [0.15, 0.2) is 0 Å². The van der Waals surface area contributed by atoms with Crippen LogP contribution in [0.1, 0.15) is 18.5 Å². The molecule has 2 bridgehead atoms. The fourth-order valence-electron chi connectivity index (χ4n) is 3.08. The van der Waals surface area contributed by atoms with Crippen LogP contribution < -0.4 is 10.6 Å². The van der Waals surface area contributed by atoms with Gasteiger partial charge in [0.05, 0.1) is 5.92 Å². The minimum atomic E-state index is 0.0836. The van der Waals surface area contributed by atoms with E-state index in [1.165, 1.54) is 0 Å². The SMILES string of the molecule is Cc1cc(N2CC3CCC(C2)N(C)C3=O)nc(N)n1. The lowest BCUT2D eigenvalue weighted by Crippen LogP contribution is -2.45. The first kappa shape index (κ1) is 12.2. The Labute approximate surface area is 112 Å². The lowest BCUT2D eigenvalue weighted by atomic mass is 9.95. The van der Waals surface area contributed by atoms with Crippen molar-refractivity contribution >= 4 is 17.7 Å². The number of hydrogen-bond donors (Lipinski definition) is 1. The fourth-order valence-corrected chi connectivity index (χ4v) is 3.08. The lowest BCUT2D eigenvalue weighted by Gasteiger charge is -2.32. The normalized spacial score (nSPS) is 26.7. The highest BCUT2D eigenvalue weighted by atomic mass is 16.2. The first-order chi connectivity index (χ1) is 9.04. The Balaban J connectivity index is 1.92. The molecule has 6 heteroatoms. The summed E-state index contributed by atoms with van der Waals surface area (Å²) in [4.78, 5) is 24.6. The summed E-state index contributed by atoms with van der Waals surface area (Å²) in [5.74, 6) is 1.48. The number of hydrogen-bond acceptors (Lipinski definition) is 5. The summed E-state index contributed by atoms with van der Waals surface area (Å²) in [6.45, 7) is 3.47.